The number of hydrogen-bond acceptors (Lipinski definition) is 2. The molecule has 18 heavy (non-hydrogen) atoms. The molecule has 1 aliphatic heterocycles. The number of rotatable bonds is 3. The quantitative estimate of drug-likeness (QED) is 0.790. The zero-order valence-corrected chi connectivity index (χ0v) is 11.0. The number of halogens is 1. The highest BCUT2D eigenvalue weighted by atomic mass is 35.5. The fraction of sp³-hybridized carbons (Fsp3) is 0.462. The van der Waals surface area contributed by atoms with Crippen LogP contribution in [0.2, 0.25) is 5.02 Å². The molecule has 1 aromatic rings. The van der Waals surface area contributed by atoms with Crippen LogP contribution in [0.4, 0.5) is 0 Å². The van der Waals surface area contributed by atoms with Crippen molar-refractivity contribution in [3.8, 4) is 0 Å². The Kier molecular flexibility index (Phi) is 4.58. The van der Waals surface area contributed by atoms with Gasteiger partial charge >= 0.3 is 0 Å². The van der Waals surface area contributed by atoms with E-state index in [0.717, 1.165) is 32.7 Å². The van der Waals surface area contributed by atoms with Crippen LogP contribution in [0.3, 0.4) is 0 Å². The second kappa shape index (κ2) is 6.18. The number of nitrogens with one attached hydrogen (secondary N) is 1. The maximum absolute atomic E-state index is 12.2. The van der Waals surface area contributed by atoms with E-state index in [1.807, 2.05) is 4.90 Å². The highest BCUT2D eigenvalue weighted by molar-refractivity contribution is 6.30. The second-order valence-corrected chi connectivity index (χ2v) is 4.96. The van der Waals surface area contributed by atoms with E-state index in [-0.39, 0.29) is 12.5 Å². The zero-order chi connectivity index (χ0) is 13.0. The first-order valence-electron chi connectivity index (χ1n) is 6.20. The number of benzene rings is 1. The molecule has 0 spiro atoms. The van der Waals surface area contributed by atoms with Crippen LogP contribution in [0.25, 0.3) is 0 Å². The maximum Gasteiger partial charge on any atom is 0.254 e. The number of amides is 1. The Morgan fingerprint density at radius 3 is 2.72 bits per heavy atom. The van der Waals surface area contributed by atoms with Crippen molar-refractivity contribution in [1.29, 1.82) is 0 Å². The molecule has 0 bridgehead atoms. The standard InChI is InChI=1S/C13H17ClN2O2/c14-12-3-1-2-11(10-12)13(18)16-6-4-15(5-7-16)8-9-17/h1-3,10,17H,4-9H2/p+1. The SMILES string of the molecule is O=C(c1cccc(Cl)c1)N1CC[NH+](CCO)CC1. The minimum absolute atomic E-state index is 0.0422. The summed E-state index contributed by atoms with van der Waals surface area (Å²) in [5.41, 5.74) is 0.646. The van der Waals surface area contributed by atoms with Crippen molar-refractivity contribution in [2.75, 3.05) is 39.3 Å². The van der Waals surface area contributed by atoms with E-state index in [1.54, 1.807) is 24.3 Å². The van der Waals surface area contributed by atoms with Crippen molar-refractivity contribution < 1.29 is 14.8 Å². The Hall–Kier alpha value is -1.10. The van der Waals surface area contributed by atoms with Crippen LogP contribution in [0.1, 0.15) is 10.4 Å². The fourth-order valence-electron chi connectivity index (χ4n) is 2.24. The molecule has 0 aliphatic carbocycles. The van der Waals surface area contributed by atoms with E-state index in [0.29, 0.717) is 10.6 Å². The van der Waals surface area contributed by atoms with Crippen molar-refractivity contribution >= 4 is 17.5 Å². The first-order valence-corrected chi connectivity index (χ1v) is 6.58. The van der Waals surface area contributed by atoms with Crippen molar-refractivity contribution in [2.45, 2.75) is 0 Å². The van der Waals surface area contributed by atoms with Crippen LogP contribution in [0.5, 0.6) is 0 Å². The molecule has 0 saturated carbocycles. The summed E-state index contributed by atoms with van der Waals surface area (Å²) >= 11 is 5.89. The summed E-state index contributed by atoms with van der Waals surface area (Å²) in [6, 6.07) is 7.06. The van der Waals surface area contributed by atoms with Crippen LogP contribution < -0.4 is 4.90 Å². The largest absolute Gasteiger partial charge is 0.391 e. The molecular formula is C13H18ClN2O2+. The number of nitrogens with zero attached hydrogens (tertiary/aromatic N) is 1. The number of aliphatic hydroxyl groups is 1. The zero-order valence-electron chi connectivity index (χ0n) is 10.2. The lowest BCUT2D eigenvalue weighted by Gasteiger charge is -2.32. The number of carbonyl (C=O) groups excluding carboxylic acids is 1. The van der Waals surface area contributed by atoms with Gasteiger partial charge in [0.1, 0.15) is 6.54 Å². The van der Waals surface area contributed by atoms with Gasteiger partial charge in [0.2, 0.25) is 0 Å². The molecule has 2 rings (SSSR count). The van der Waals surface area contributed by atoms with Crippen molar-refractivity contribution in [2.24, 2.45) is 0 Å². The second-order valence-electron chi connectivity index (χ2n) is 4.53. The van der Waals surface area contributed by atoms with Crippen LogP contribution in [-0.4, -0.2) is 55.2 Å². The summed E-state index contributed by atoms with van der Waals surface area (Å²) in [6.45, 7) is 4.23. The topological polar surface area (TPSA) is 45.0 Å². The van der Waals surface area contributed by atoms with Gasteiger partial charge in [-0.15, -0.1) is 0 Å². The van der Waals surface area contributed by atoms with E-state index in [2.05, 4.69) is 0 Å². The third-order valence-corrected chi connectivity index (χ3v) is 3.53. The van der Waals surface area contributed by atoms with Gasteiger partial charge < -0.3 is 14.9 Å². The van der Waals surface area contributed by atoms with E-state index < -0.39 is 0 Å². The van der Waals surface area contributed by atoms with Gasteiger partial charge in [0.15, 0.2) is 0 Å². The van der Waals surface area contributed by atoms with Gasteiger partial charge in [0, 0.05) is 10.6 Å². The van der Waals surface area contributed by atoms with Gasteiger partial charge in [-0.1, -0.05) is 17.7 Å². The molecule has 1 heterocycles. The highest BCUT2D eigenvalue weighted by Gasteiger charge is 2.23. The third kappa shape index (κ3) is 3.22. The van der Waals surface area contributed by atoms with E-state index in [4.69, 9.17) is 16.7 Å². The Bertz CT molecular complexity index is 417. The van der Waals surface area contributed by atoms with Crippen molar-refractivity contribution in [3.05, 3.63) is 34.9 Å². The Morgan fingerprint density at radius 1 is 1.39 bits per heavy atom. The Morgan fingerprint density at radius 2 is 2.11 bits per heavy atom. The van der Waals surface area contributed by atoms with E-state index >= 15 is 0 Å². The molecule has 5 heteroatoms. The third-order valence-electron chi connectivity index (χ3n) is 3.29. The van der Waals surface area contributed by atoms with Crippen molar-refractivity contribution in [3.63, 3.8) is 0 Å². The molecule has 1 fully saturated rings. The summed E-state index contributed by atoms with van der Waals surface area (Å²) in [7, 11) is 0. The fourth-order valence-corrected chi connectivity index (χ4v) is 2.43. The number of aliphatic hydroxyl groups excluding tert-OH is 1. The smallest absolute Gasteiger partial charge is 0.254 e. The first kappa shape index (κ1) is 13.3. The molecule has 1 saturated heterocycles. The Balaban J connectivity index is 1.95. The number of quaternary nitrogens is 1. The summed E-state index contributed by atoms with van der Waals surface area (Å²) in [5.74, 6) is 0.0422. The summed E-state index contributed by atoms with van der Waals surface area (Å²) < 4.78 is 0. The summed E-state index contributed by atoms with van der Waals surface area (Å²) in [5, 5.41) is 9.47. The van der Waals surface area contributed by atoms with Gasteiger partial charge in [-0.2, -0.15) is 0 Å². The first-order chi connectivity index (χ1) is 8.70. The molecule has 1 amide bonds. The lowest BCUT2D eigenvalue weighted by atomic mass is 10.2. The molecule has 0 unspecified atom stereocenters. The van der Waals surface area contributed by atoms with E-state index in [1.165, 1.54) is 4.90 Å². The number of piperazine rings is 1. The molecule has 0 atom stereocenters. The van der Waals surface area contributed by atoms with Crippen LogP contribution >= 0.6 is 11.6 Å². The minimum Gasteiger partial charge on any atom is -0.391 e. The minimum atomic E-state index is 0.0422. The predicted octanol–water partition coefficient (Wildman–Crippen LogP) is -0.327. The molecule has 1 aromatic carbocycles. The van der Waals surface area contributed by atoms with Crippen LogP contribution in [0.15, 0.2) is 24.3 Å². The monoisotopic (exact) mass is 269 g/mol. The van der Waals surface area contributed by atoms with Gasteiger partial charge in [-0.05, 0) is 18.2 Å². The highest BCUT2D eigenvalue weighted by Crippen LogP contribution is 2.12. The predicted molar refractivity (Wildman–Crippen MR) is 70.0 cm³/mol. The lowest BCUT2D eigenvalue weighted by molar-refractivity contribution is -0.904. The van der Waals surface area contributed by atoms with Gasteiger partial charge in [-0.25, -0.2) is 0 Å². The molecule has 0 aromatic heterocycles. The van der Waals surface area contributed by atoms with E-state index in [9.17, 15) is 4.79 Å². The average Bonchev–Trinajstić information content (AvgIpc) is 2.39. The molecule has 1 aliphatic rings. The van der Waals surface area contributed by atoms with Crippen molar-refractivity contribution in [1.82, 2.24) is 4.90 Å². The van der Waals surface area contributed by atoms with Gasteiger partial charge in [0.05, 0.1) is 32.8 Å². The summed E-state index contributed by atoms with van der Waals surface area (Å²) in [4.78, 5) is 15.4. The molecule has 2 N–H and O–H groups in total. The maximum atomic E-state index is 12.2. The molecule has 98 valence electrons. The summed E-state index contributed by atoms with van der Waals surface area (Å²) in [6.07, 6.45) is 0. The molecular weight excluding hydrogens is 252 g/mol. The van der Waals surface area contributed by atoms with Crippen LogP contribution in [0, 0.1) is 0 Å². The van der Waals surface area contributed by atoms with Gasteiger partial charge in [-0.3, -0.25) is 4.79 Å². The molecule has 0 radical (unpaired) electrons. The number of hydrogen-bond donors (Lipinski definition) is 2. The average molecular weight is 270 g/mol. The van der Waals surface area contributed by atoms with Crippen LogP contribution in [-0.2, 0) is 0 Å². The Labute approximate surface area is 112 Å². The number of carbonyl (C=O) groups is 1. The normalized spacial score (nSPS) is 16.9. The molecule has 4 nitrogen and oxygen atoms in total. The lowest BCUT2D eigenvalue weighted by Crippen LogP contribution is -3.15. The van der Waals surface area contributed by atoms with Gasteiger partial charge in [0.25, 0.3) is 5.91 Å².